The summed E-state index contributed by atoms with van der Waals surface area (Å²) in [5.41, 5.74) is 3.74. The molecular formula is C21H25N5O3. The molecule has 1 aromatic carbocycles. The largest absolute Gasteiger partial charge is 0.377 e. The number of aromatic nitrogens is 2. The predicted octanol–water partition coefficient (Wildman–Crippen LogP) is 2.68. The summed E-state index contributed by atoms with van der Waals surface area (Å²) in [5.74, 6) is 1.70. The molecule has 8 nitrogen and oxygen atoms in total. The third-order valence-corrected chi connectivity index (χ3v) is 5.78. The van der Waals surface area contributed by atoms with Crippen LogP contribution in [0.15, 0.2) is 24.3 Å². The second kappa shape index (κ2) is 7.61. The molecule has 2 atom stereocenters. The predicted molar refractivity (Wildman–Crippen MR) is 109 cm³/mol. The van der Waals surface area contributed by atoms with Gasteiger partial charge in [0.1, 0.15) is 5.82 Å². The van der Waals surface area contributed by atoms with Gasteiger partial charge in [-0.2, -0.15) is 0 Å². The van der Waals surface area contributed by atoms with Gasteiger partial charge >= 0.3 is 6.03 Å². The number of benzene rings is 1. The highest BCUT2D eigenvalue weighted by Gasteiger charge is 2.40. The summed E-state index contributed by atoms with van der Waals surface area (Å²) < 4.78 is 11.4. The van der Waals surface area contributed by atoms with Crippen molar-refractivity contribution in [3.05, 3.63) is 35.5 Å². The van der Waals surface area contributed by atoms with Crippen LogP contribution >= 0.6 is 0 Å². The van der Waals surface area contributed by atoms with Gasteiger partial charge in [-0.3, -0.25) is 0 Å². The molecule has 0 aliphatic carbocycles. The van der Waals surface area contributed by atoms with Crippen LogP contribution in [-0.2, 0) is 22.7 Å². The molecule has 0 spiro atoms. The molecule has 2 aromatic rings. The zero-order valence-corrected chi connectivity index (χ0v) is 16.5. The van der Waals surface area contributed by atoms with Crippen molar-refractivity contribution < 1.29 is 14.3 Å². The average Bonchev–Trinajstić information content (AvgIpc) is 3.29. The summed E-state index contributed by atoms with van der Waals surface area (Å²) in [6, 6.07) is 8.17. The lowest BCUT2D eigenvalue weighted by Crippen LogP contribution is -2.46. The van der Waals surface area contributed by atoms with E-state index in [4.69, 9.17) is 19.4 Å². The smallest absolute Gasteiger partial charge is 0.319 e. The Hall–Kier alpha value is -2.71. The van der Waals surface area contributed by atoms with E-state index in [1.54, 1.807) is 0 Å². The molecule has 2 N–H and O–H groups in total. The summed E-state index contributed by atoms with van der Waals surface area (Å²) in [4.78, 5) is 23.9. The summed E-state index contributed by atoms with van der Waals surface area (Å²) in [6.45, 7) is 5.07. The number of urea groups is 1. The molecule has 2 fully saturated rings. The van der Waals surface area contributed by atoms with Gasteiger partial charge in [-0.15, -0.1) is 0 Å². The van der Waals surface area contributed by atoms with Crippen molar-refractivity contribution in [3.63, 3.8) is 0 Å². The van der Waals surface area contributed by atoms with E-state index in [0.717, 1.165) is 54.4 Å². The number of hydrogen-bond acceptors (Lipinski definition) is 6. The van der Waals surface area contributed by atoms with Crippen LogP contribution in [0.2, 0.25) is 0 Å². The highest BCUT2D eigenvalue weighted by atomic mass is 16.5. The Balaban J connectivity index is 1.46. The number of amides is 2. The molecule has 2 bridgehead atoms. The van der Waals surface area contributed by atoms with Crippen molar-refractivity contribution >= 4 is 17.5 Å². The maximum absolute atomic E-state index is 11.7. The Morgan fingerprint density at radius 3 is 2.59 bits per heavy atom. The minimum absolute atomic E-state index is 0.212. The number of carbonyl (C=O) groups is 1. The lowest BCUT2D eigenvalue weighted by molar-refractivity contribution is 0.0898. The van der Waals surface area contributed by atoms with E-state index < -0.39 is 0 Å². The van der Waals surface area contributed by atoms with Gasteiger partial charge in [0.15, 0.2) is 5.82 Å². The van der Waals surface area contributed by atoms with Crippen molar-refractivity contribution in [1.82, 2.24) is 15.3 Å². The SMILES string of the molecule is CCNC(=O)Nc1ccc(-c2nc3c(c(N4C5CCC4COC5)n2)COC3)cc1. The van der Waals surface area contributed by atoms with Crippen LogP contribution in [0.5, 0.6) is 0 Å². The fraction of sp³-hybridized carbons (Fsp3) is 0.476. The molecule has 2 unspecified atom stereocenters. The molecule has 4 heterocycles. The van der Waals surface area contributed by atoms with Crippen molar-refractivity contribution in [2.75, 3.05) is 30.0 Å². The first kappa shape index (κ1) is 18.3. The van der Waals surface area contributed by atoms with Gasteiger partial charge in [0.2, 0.25) is 0 Å². The van der Waals surface area contributed by atoms with E-state index >= 15 is 0 Å². The molecule has 5 rings (SSSR count). The van der Waals surface area contributed by atoms with E-state index in [1.165, 1.54) is 0 Å². The zero-order chi connectivity index (χ0) is 19.8. The summed E-state index contributed by atoms with van der Waals surface area (Å²) in [7, 11) is 0. The Morgan fingerprint density at radius 1 is 1.10 bits per heavy atom. The van der Waals surface area contributed by atoms with Crippen LogP contribution in [0, 0.1) is 0 Å². The topological polar surface area (TPSA) is 88.6 Å². The van der Waals surface area contributed by atoms with Gasteiger partial charge in [-0.05, 0) is 44.0 Å². The minimum Gasteiger partial charge on any atom is -0.377 e. The number of rotatable bonds is 4. The Kier molecular flexibility index (Phi) is 4.81. The molecule has 152 valence electrons. The van der Waals surface area contributed by atoms with E-state index in [0.29, 0.717) is 37.7 Å². The number of fused-ring (bicyclic) bond motifs is 3. The lowest BCUT2D eigenvalue weighted by atomic mass is 10.1. The standard InChI is InChI=1S/C21H25N5O3/c1-2-22-21(27)23-14-5-3-13(4-6-14)19-24-18-12-29-11-17(18)20(25-19)26-15-7-8-16(26)10-28-9-15/h3-6,15-16H,2,7-12H2,1H3,(H2,22,23,27). The fourth-order valence-corrected chi connectivity index (χ4v) is 4.39. The Labute approximate surface area is 169 Å². The monoisotopic (exact) mass is 395 g/mol. The highest BCUT2D eigenvalue weighted by Crippen LogP contribution is 2.38. The van der Waals surface area contributed by atoms with Gasteiger partial charge in [0.05, 0.1) is 44.2 Å². The summed E-state index contributed by atoms with van der Waals surface area (Å²) >= 11 is 0. The van der Waals surface area contributed by atoms with Crippen molar-refractivity contribution in [2.45, 2.75) is 45.1 Å². The number of nitrogens with zero attached hydrogens (tertiary/aromatic N) is 3. The first-order valence-electron chi connectivity index (χ1n) is 10.2. The average molecular weight is 395 g/mol. The second-order valence-corrected chi connectivity index (χ2v) is 7.68. The molecule has 0 radical (unpaired) electrons. The molecule has 8 heteroatoms. The molecular weight excluding hydrogens is 370 g/mol. The lowest BCUT2D eigenvalue weighted by Gasteiger charge is -2.36. The van der Waals surface area contributed by atoms with Crippen LogP contribution in [0.25, 0.3) is 11.4 Å². The van der Waals surface area contributed by atoms with Crippen molar-refractivity contribution in [3.8, 4) is 11.4 Å². The van der Waals surface area contributed by atoms with E-state index in [1.807, 2.05) is 31.2 Å². The Morgan fingerprint density at radius 2 is 1.86 bits per heavy atom. The molecule has 2 saturated heterocycles. The van der Waals surface area contributed by atoms with Crippen LogP contribution < -0.4 is 15.5 Å². The van der Waals surface area contributed by atoms with Gasteiger partial charge in [0, 0.05) is 23.4 Å². The molecule has 0 saturated carbocycles. The van der Waals surface area contributed by atoms with Crippen molar-refractivity contribution in [2.24, 2.45) is 0 Å². The fourth-order valence-electron chi connectivity index (χ4n) is 4.39. The highest BCUT2D eigenvalue weighted by molar-refractivity contribution is 5.89. The van der Waals surface area contributed by atoms with Crippen LogP contribution in [0.1, 0.15) is 31.0 Å². The van der Waals surface area contributed by atoms with Crippen LogP contribution in [0.4, 0.5) is 16.3 Å². The number of ether oxygens (including phenoxy) is 2. The summed E-state index contributed by atoms with van der Waals surface area (Å²) in [6.07, 6.45) is 2.28. The maximum Gasteiger partial charge on any atom is 0.319 e. The number of carbonyl (C=O) groups excluding carboxylic acids is 1. The molecule has 2 amide bonds. The first-order chi connectivity index (χ1) is 14.2. The van der Waals surface area contributed by atoms with Crippen LogP contribution in [0.3, 0.4) is 0 Å². The van der Waals surface area contributed by atoms with Gasteiger partial charge < -0.3 is 25.0 Å². The molecule has 1 aromatic heterocycles. The van der Waals surface area contributed by atoms with E-state index in [-0.39, 0.29) is 6.03 Å². The second-order valence-electron chi connectivity index (χ2n) is 7.68. The van der Waals surface area contributed by atoms with Gasteiger partial charge in [-0.1, -0.05) is 0 Å². The normalized spacial score (nSPS) is 22.4. The Bertz CT molecular complexity index is 901. The maximum atomic E-state index is 11.7. The summed E-state index contributed by atoms with van der Waals surface area (Å²) in [5, 5.41) is 5.54. The number of morpholine rings is 1. The van der Waals surface area contributed by atoms with Crippen LogP contribution in [-0.4, -0.2) is 47.8 Å². The zero-order valence-electron chi connectivity index (χ0n) is 16.5. The van der Waals surface area contributed by atoms with Gasteiger partial charge in [-0.25, -0.2) is 14.8 Å². The number of nitrogens with one attached hydrogen (secondary N) is 2. The third kappa shape index (κ3) is 3.42. The third-order valence-electron chi connectivity index (χ3n) is 5.78. The first-order valence-corrected chi connectivity index (χ1v) is 10.2. The number of hydrogen-bond donors (Lipinski definition) is 2. The van der Waals surface area contributed by atoms with Crippen molar-refractivity contribution in [1.29, 1.82) is 0 Å². The number of anilines is 2. The van der Waals surface area contributed by atoms with Gasteiger partial charge in [0.25, 0.3) is 0 Å². The van der Waals surface area contributed by atoms with E-state index in [9.17, 15) is 4.79 Å². The van der Waals surface area contributed by atoms with E-state index in [2.05, 4.69) is 15.5 Å². The molecule has 3 aliphatic rings. The molecule has 29 heavy (non-hydrogen) atoms. The molecule has 3 aliphatic heterocycles. The quantitative estimate of drug-likeness (QED) is 0.828. The minimum atomic E-state index is -0.212.